The summed E-state index contributed by atoms with van der Waals surface area (Å²) in [6.45, 7) is 0.926. The molecule has 0 radical (unpaired) electrons. The second-order valence-electron chi connectivity index (χ2n) is 6.87. The molecule has 2 aromatic heterocycles. The van der Waals surface area contributed by atoms with Gasteiger partial charge in [-0.05, 0) is 23.3 Å². The number of rotatable bonds is 5. The quantitative estimate of drug-likeness (QED) is 0.550. The lowest BCUT2D eigenvalue weighted by atomic mass is 10.2. The summed E-state index contributed by atoms with van der Waals surface area (Å²) in [6, 6.07) is 17.3. The molecule has 29 heavy (non-hydrogen) atoms. The molecule has 0 aliphatic rings. The third kappa shape index (κ3) is 3.56. The molecule has 0 aliphatic carbocycles. The van der Waals surface area contributed by atoms with Gasteiger partial charge < -0.3 is 5.32 Å². The van der Waals surface area contributed by atoms with Crippen LogP contribution in [-0.4, -0.2) is 18.7 Å². The summed E-state index contributed by atoms with van der Waals surface area (Å²) in [5.74, 6) is 0.516. The minimum atomic E-state index is -0.412. The monoisotopic (exact) mass is 409 g/mol. The number of aromatic nitrogens is 4. The van der Waals surface area contributed by atoms with Crippen molar-refractivity contribution >= 4 is 28.7 Å². The van der Waals surface area contributed by atoms with E-state index >= 15 is 0 Å². The van der Waals surface area contributed by atoms with Crippen LogP contribution in [0.15, 0.2) is 64.2 Å². The summed E-state index contributed by atoms with van der Waals surface area (Å²) in [5.41, 5.74) is 1.92. The molecule has 0 aliphatic heterocycles. The molecule has 0 saturated heterocycles. The molecule has 0 atom stereocenters. The molecule has 148 valence electrons. The molecule has 0 unspecified atom stereocenters. The normalized spacial score (nSPS) is 11.1. The molecular formula is C21H20ClN5O2. The van der Waals surface area contributed by atoms with Crippen molar-refractivity contribution in [2.75, 3.05) is 5.32 Å². The van der Waals surface area contributed by atoms with Gasteiger partial charge in [0.1, 0.15) is 0 Å². The largest absolute Gasteiger partial charge is 0.351 e. The SMILES string of the molecule is Cn1c(=O)c2c(nc(NCc3ccccc3)n2Cc2cccc(Cl)c2)n(C)c1=O. The molecule has 2 heterocycles. The van der Waals surface area contributed by atoms with E-state index in [-0.39, 0.29) is 5.56 Å². The number of hydrogen-bond donors (Lipinski definition) is 1. The average molecular weight is 410 g/mol. The smallest absolute Gasteiger partial charge is 0.332 e. The number of nitrogens with one attached hydrogen (secondary N) is 1. The maximum Gasteiger partial charge on any atom is 0.332 e. The van der Waals surface area contributed by atoms with Crippen LogP contribution in [0.25, 0.3) is 11.2 Å². The van der Waals surface area contributed by atoms with Gasteiger partial charge in [-0.15, -0.1) is 0 Å². The third-order valence-electron chi connectivity index (χ3n) is 4.87. The Morgan fingerprint density at radius 2 is 1.69 bits per heavy atom. The van der Waals surface area contributed by atoms with E-state index in [9.17, 15) is 9.59 Å². The van der Waals surface area contributed by atoms with E-state index in [1.165, 1.54) is 11.6 Å². The third-order valence-corrected chi connectivity index (χ3v) is 5.11. The fourth-order valence-electron chi connectivity index (χ4n) is 3.33. The number of imidazole rings is 1. The fourth-order valence-corrected chi connectivity index (χ4v) is 3.54. The first kappa shape index (κ1) is 19.0. The molecule has 8 heteroatoms. The maximum absolute atomic E-state index is 12.9. The Bertz CT molecular complexity index is 1300. The second-order valence-corrected chi connectivity index (χ2v) is 7.31. The van der Waals surface area contributed by atoms with Gasteiger partial charge in [0.05, 0.1) is 6.54 Å². The van der Waals surface area contributed by atoms with Gasteiger partial charge >= 0.3 is 5.69 Å². The molecule has 0 fully saturated rings. The summed E-state index contributed by atoms with van der Waals surface area (Å²) in [5, 5.41) is 3.92. The summed E-state index contributed by atoms with van der Waals surface area (Å²) < 4.78 is 4.28. The van der Waals surface area contributed by atoms with Gasteiger partial charge in [-0.25, -0.2) is 4.79 Å². The predicted molar refractivity (Wildman–Crippen MR) is 115 cm³/mol. The van der Waals surface area contributed by atoms with Crippen LogP contribution >= 0.6 is 11.6 Å². The van der Waals surface area contributed by atoms with Gasteiger partial charge in [-0.3, -0.25) is 18.5 Å². The van der Waals surface area contributed by atoms with Crippen molar-refractivity contribution in [3.8, 4) is 0 Å². The molecule has 0 spiro atoms. The van der Waals surface area contributed by atoms with Crippen molar-refractivity contribution in [3.05, 3.63) is 91.6 Å². The summed E-state index contributed by atoms with van der Waals surface area (Å²) in [4.78, 5) is 29.8. The van der Waals surface area contributed by atoms with Crippen LogP contribution in [0.2, 0.25) is 5.02 Å². The van der Waals surface area contributed by atoms with Crippen molar-refractivity contribution < 1.29 is 0 Å². The molecule has 1 N–H and O–H groups in total. The number of benzene rings is 2. The molecular weight excluding hydrogens is 390 g/mol. The Morgan fingerprint density at radius 1 is 0.966 bits per heavy atom. The van der Waals surface area contributed by atoms with Gasteiger partial charge in [0.2, 0.25) is 5.95 Å². The highest BCUT2D eigenvalue weighted by molar-refractivity contribution is 6.30. The number of aryl methyl sites for hydroxylation is 1. The molecule has 4 rings (SSSR count). The van der Waals surface area contributed by atoms with Gasteiger partial charge in [0.15, 0.2) is 11.2 Å². The Morgan fingerprint density at radius 3 is 2.41 bits per heavy atom. The average Bonchev–Trinajstić information content (AvgIpc) is 3.08. The first-order valence-corrected chi connectivity index (χ1v) is 9.52. The zero-order chi connectivity index (χ0) is 20.5. The van der Waals surface area contributed by atoms with Gasteiger partial charge in [0, 0.05) is 25.7 Å². The van der Waals surface area contributed by atoms with E-state index in [0.717, 1.165) is 15.7 Å². The molecule has 0 bridgehead atoms. The van der Waals surface area contributed by atoms with Crippen LogP contribution in [0.1, 0.15) is 11.1 Å². The number of fused-ring (bicyclic) bond motifs is 1. The molecule has 4 aromatic rings. The van der Waals surface area contributed by atoms with E-state index in [2.05, 4.69) is 10.3 Å². The van der Waals surface area contributed by atoms with E-state index in [1.807, 2.05) is 48.5 Å². The number of halogens is 1. The molecule has 0 saturated carbocycles. The summed E-state index contributed by atoms with van der Waals surface area (Å²) in [6.07, 6.45) is 0. The van der Waals surface area contributed by atoms with Crippen LogP contribution in [-0.2, 0) is 27.2 Å². The predicted octanol–water partition coefficient (Wildman–Crippen LogP) is 2.75. The van der Waals surface area contributed by atoms with Crippen LogP contribution in [0.3, 0.4) is 0 Å². The Balaban J connectivity index is 1.86. The minimum Gasteiger partial charge on any atom is -0.351 e. The van der Waals surface area contributed by atoms with Crippen molar-refractivity contribution in [1.82, 2.24) is 18.7 Å². The van der Waals surface area contributed by atoms with Gasteiger partial charge in [-0.1, -0.05) is 54.1 Å². The lowest BCUT2D eigenvalue weighted by molar-refractivity contribution is 0.702. The maximum atomic E-state index is 12.9. The Kier molecular flexibility index (Phi) is 4.98. The molecule has 0 amide bonds. The first-order chi connectivity index (χ1) is 14.0. The van der Waals surface area contributed by atoms with Gasteiger partial charge in [-0.2, -0.15) is 4.98 Å². The lowest BCUT2D eigenvalue weighted by Crippen LogP contribution is -2.37. The highest BCUT2D eigenvalue weighted by Crippen LogP contribution is 2.20. The topological polar surface area (TPSA) is 73.8 Å². The number of anilines is 1. The van der Waals surface area contributed by atoms with Crippen LogP contribution in [0, 0.1) is 0 Å². The van der Waals surface area contributed by atoms with E-state index in [4.69, 9.17) is 11.6 Å². The van der Waals surface area contributed by atoms with Gasteiger partial charge in [0.25, 0.3) is 5.56 Å². The van der Waals surface area contributed by atoms with Crippen LogP contribution in [0.4, 0.5) is 5.95 Å². The van der Waals surface area contributed by atoms with Crippen molar-refractivity contribution in [3.63, 3.8) is 0 Å². The summed E-state index contributed by atoms with van der Waals surface area (Å²) in [7, 11) is 3.08. The van der Waals surface area contributed by atoms with Crippen molar-refractivity contribution in [2.45, 2.75) is 13.1 Å². The Hall–Kier alpha value is -3.32. The lowest BCUT2D eigenvalue weighted by Gasteiger charge is -2.11. The van der Waals surface area contributed by atoms with E-state index in [0.29, 0.717) is 35.2 Å². The standard InChI is InChI=1S/C21H20ClN5O2/c1-25-18-17(19(28)26(2)21(25)29)27(13-15-9-6-10-16(22)11-15)20(24-18)23-12-14-7-4-3-5-8-14/h3-11H,12-13H2,1-2H3,(H,23,24). The fraction of sp³-hybridized carbons (Fsp3) is 0.190. The second kappa shape index (κ2) is 7.60. The van der Waals surface area contributed by atoms with Crippen LogP contribution < -0.4 is 16.6 Å². The van der Waals surface area contributed by atoms with Crippen LogP contribution in [0.5, 0.6) is 0 Å². The van der Waals surface area contributed by atoms with E-state index < -0.39 is 5.69 Å². The van der Waals surface area contributed by atoms with Crippen molar-refractivity contribution in [1.29, 1.82) is 0 Å². The zero-order valence-corrected chi connectivity index (χ0v) is 16.8. The molecule has 2 aromatic carbocycles. The molecule has 7 nitrogen and oxygen atoms in total. The highest BCUT2D eigenvalue weighted by Gasteiger charge is 2.19. The zero-order valence-electron chi connectivity index (χ0n) is 16.1. The highest BCUT2D eigenvalue weighted by atomic mass is 35.5. The number of nitrogens with zero attached hydrogens (tertiary/aromatic N) is 4. The Labute approximate surface area is 171 Å². The minimum absolute atomic E-state index is 0.343. The van der Waals surface area contributed by atoms with Crippen molar-refractivity contribution in [2.24, 2.45) is 14.1 Å². The number of hydrogen-bond acceptors (Lipinski definition) is 4. The summed E-state index contributed by atoms with van der Waals surface area (Å²) >= 11 is 6.13. The first-order valence-electron chi connectivity index (χ1n) is 9.14. The van der Waals surface area contributed by atoms with E-state index in [1.54, 1.807) is 17.7 Å².